The number of hydrogen-bond donors (Lipinski definition) is 1. The molecule has 4 heteroatoms. The first-order valence-electron chi connectivity index (χ1n) is 14.5. The Morgan fingerprint density at radius 1 is 0.515 bits per heavy atom. The van der Waals surface area contributed by atoms with Gasteiger partial charge in [-0.25, -0.2) is 0 Å². The summed E-state index contributed by atoms with van der Waals surface area (Å²) in [6.45, 7) is 6.85. The average molecular weight is 470 g/mol. The van der Waals surface area contributed by atoms with Crippen molar-refractivity contribution in [3.05, 3.63) is 0 Å². The van der Waals surface area contributed by atoms with Crippen LogP contribution in [0, 0.1) is 0 Å². The minimum Gasteiger partial charge on any atom is -0.466 e. The molecular weight excluding hydrogens is 410 g/mol. The summed E-state index contributed by atoms with van der Waals surface area (Å²) in [6.07, 6.45) is 27.7. The first-order valence-corrected chi connectivity index (χ1v) is 14.5. The highest BCUT2D eigenvalue weighted by atomic mass is 16.5. The molecule has 0 bridgehead atoms. The predicted molar refractivity (Wildman–Crippen MR) is 144 cm³/mol. The molecule has 1 N–H and O–H groups in total. The zero-order valence-electron chi connectivity index (χ0n) is 23.0. The lowest BCUT2D eigenvalue weighted by atomic mass is 10.0. The van der Waals surface area contributed by atoms with Crippen LogP contribution in [-0.2, 0) is 14.3 Å². The largest absolute Gasteiger partial charge is 0.466 e. The van der Waals surface area contributed by atoms with Gasteiger partial charge >= 0.3 is 5.97 Å². The third kappa shape index (κ3) is 33.2. The van der Waals surface area contributed by atoms with Gasteiger partial charge in [-0.05, 0) is 19.8 Å². The fourth-order valence-corrected chi connectivity index (χ4v) is 3.89. The van der Waals surface area contributed by atoms with Crippen LogP contribution in [0.5, 0.6) is 0 Å². The highest BCUT2D eigenvalue weighted by molar-refractivity contribution is 5.75. The topological polar surface area (TPSA) is 55.4 Å². The van der Waals surface area contributed by atoms with Crippen molar-refractivity contribution in [3.8, 4) is 0 Å². The van der Waals surface area contributed by atoms with Crippen molar-refractivity contribution in [2.24, 2.45) is 0 Å². The molecule has 0 aliphatic heterocycles. The molecule has 4 nitrogen and oxygen atoms in total. The molecule has 0 saturated carbocycles. The molecule has 1 amide bonds. The Labute approximate surface area is 207 Å². The van der Waals surface area contributed by atoms with Crippen molar-refractivity contribution in [2.75, 3.05) is 13.7 Å². The van der Waals surface area contributed by atoms with Crippen molar-refractivity contribution >= 4 is 11.9 Å². The minimum absolute atomic E-state index is 0.0304. The molecule has 0 unspecified atom stereocenters. The van der Waals surface area contributed by atoms with Crippen LogP contribution >= 0.6 is 0 Å². The first-order chi connectivity index (χ1) is 16.1. The summed E-state index contributed by atoms with van der Waals surface area (Å²) in [5.41, 5.74) is 0. The van der Waals surface area contributed by atoms with Gasteiger partial charge in [0.25, 0.3) is 0 Å². The van der Waals surface area contributed by atoms with E-state index < -0.39 is 0 Å². The molecule has 0 aliphatic carbocycles. The van der Waals surface area contributed by atoms with E-state index in [4.69, 9.17) is 4.74 Å². The number of hydrogen-bond acceptors (Lipinski definition) is 3. The lowest BCUT2D eigenvalue weighted by Crippen LogP contribution is -2.16. The number of carbonyl (C=O) groups excluding carboxylic acids is 2. The van der Waals surface area contributed by atoms with E-state index in [1.54, 1.807) is 7.05 Å². The van der Waals surface area contributed by atoms with E-state index in [1.807, 2.05) is 6.92 Å². The van der Waals surface area contributed by atoms with Gasteiger partial charge in [0, 0.05) is 19.9 Å². The van der Waals surface area contributed by atoms with Crippen molar-refractivity contribution in [1.29, 1.82) is 0 Å². The standard InChI is InChI=1S/C20H40O2.C9H19NO/c1-3-5-6-7-8-9-10-11-12-13-14-15-16-17-18-19-20(21)22-4-2;1-3-4-5-6-7-8-9(11)10-2/h3-19H2,1-2H3;3-8H2,1-2H3,(H,10,11). The minimum atomic E-state index is -0.0304. The molecule has 0 saturated heterocycles. The van der Waals surface area contributed by atoms with E-state index in [2.05, 4.69) is 19.2 Å². The molecule has 0 atom stereocenters. The van der Waals surface area contributed by atoms with Crippen LogP contribution in [0.1, 0.15) is 162 Å². The lowest BCUT2D eigenvalue weighted by Gasteiger charge is -2.03. The van der Waals surface area contributed by atoms with Crippen LogP contribution in [0.4, 0.5) is 0 Å². The van der Waals surface area contributed by atoms with Gasteiger partial charge in [-0.2, -0.15) is 0 Å². The monoisotopic (exact) mass is 469 g/mol. The third-order valence-corrected chi connectivity index (χ3v) is 6.08. The average Bonchev–Trinajstić information content (AvgIpc) is 2.82. The molecule has 33 heavy (non-hydrogen) atoms. The van der Waals surface area contributed by atoms with Crippen molar-refractivity contribution in [3.63, 3.8) is 0 Å². The van der Waals surface area contributed by atoms with E-state index in [0.29, 0.717) is 19.4 Å². The Hall–Kier alpha value is -1.06. The smallest absolute Gasteiger partial charge is 0.305 e. The molecular formula is C29H59NO3. The van der Waals surface area contributed by atoms with E-state index in [9.17, 15) is 9.59 Å². The zero-order valence-corrected chi connectivity index (χ0v) is 23.0. The SMILES string of the molecule is CCCCCCCC(=O)NC.CCCCCCCCCCCCCCCCCC(=O)OCC. The summed E-state index contributed by atoms with van der Waals surface area (Å²) in [7, 11) is 1.69. The number of amides is 1. The fraction of sp³-hybridized carbons (Fsp3) is 0.931. The maximum atomic E-state index is 11.2. The lowest BCUT2D eigenvalue weighted by molar-refractivity contribution is -0.143. The van der Waals surface area contributed by atoms with Gasteiger partial charge in [0.2, 0.25) is 5.91 Å². The summed E-state index contributed by atoms with van der Waals surface area (Å²) in [6, 6.07) is 0. The summed E-state index contributed by atoms with van der Waals surface area (Å²) in [5, 5.41) is 2.62. The van der Waals surface area contributed by atoms with Crippen molar-refractivity contribution < 1.29 is 14.3 Å². The normalized spacial score (nSPS) is 10.4. The second kappa shape index (κ2) is 30.9. The van der Waals surface area contributed by atoms with Gasteiger partial charge in [0.15, 0.2) is 0 Å². The zero-order chi connectivity index (χ0) is 24.8. The number of unbranched alkanes of at least 4 members (excludes halogenated alkanes) is 18. The van der Waals surface area contributed by atoms with Crippen LogP contribution in [0.2, 0.25) is 0 Å². The van der Waals surface area contributed by atoms with Crippen LogP contribution < -0.4 is 5.32 Å². The molecule has 0 heterocycles. The number of carbonyl (C=O) groups is 2. The Balaban J connectivity index is 0. The summed E-state index contributed by atoms with van der Waals surface area (Å²) in [5.74, 6) is 0.138. The first kappa shape index (κ1) is 34.1. The highest BCUT2D eigenvalue weighted by Crippen LogP contribution is 2.13. The number of rotatable bonds is 23. The Bertz CT molecular complexity index is 398. The van der Waals surface area contributed by atoms with Crippen LogP contribution in [0.25, 0.3) is 0 Å². The Morgan fingerprint density at radius 3 is 1.18 bits per heavy atom. The van der Waals surface area contributed by atoms with Gasteiger partial charge < -0.3 is 10.1 Å². The Kier molecular flexibility index (Phi) is 32.0. The second-order valence-corrected chi connectivity index (χ2v) is 9.34. The van der Waals surface area contributed by atoms with E-state index in [-0.39, 0.29) is 11.9 Å². The molecule has 0 rings (SSSR count). The number of esters is 1. The summed E-state index contributed by atoms with van der Waals surface area (Å²) >= 11 is 0. The molecule has 0 spiro atoms. The second-order valence-electron chi connectivity index (χ2n) is 9.34. The van der Waals surface area contributed by atoms with Gasteiger partial charge in [-0.3, -0.25) is 9.59 Å². The molecule has 0 aromatic rings. The van der Waals surface area contributed by atoms with E-state index >= 15 is 0 Å². The summed E-state index contributed by atoms with van der Waals surface area (Å²) < 4.78 is 4.92. The number of ether oxygens (including phenoxy) is 1. The quantitative estimate of drug-likeness (QED) is 0.120. The van der Waals surface area contributed by atoms with Gasteiger partial charge in [-0.1, -0.05) is 129 Å². The summed E-state index contributed by atoms with van der Waals surface area (Å²) in [4.78, 5) is 21.9. The molecule has 0 fully saturated rings. The Morgan fingerprint density at radius 2 is 0.848 bits per heavy atom. The van der Waals surface area contributed by atoms with Crippen LogP contribution in [-0.4, -0.2) is 25.5 Å². The van der Waals surface area contributed by atoms with Gasteiger partial charge in [0.05, 0.1) is 6.61 Å². The predicted octanol–water partition coefficient (Wildman–Crippen LogP) is 8.90. The van der Waals surface area contributed by atoms with Crippen LogP contribution in [0.15, 0.2) is 0 Å². The molecule has 0 aromatic carbocycles. The van der Waals surface area contributed by atoms with Gasteiger partial charge in [0.1, 0.15) is 0 Å². The third-order valence-electron chi connectivity index (χ3n) is 6.08. The number of nitrogens with one attached hydrogen (secondary N) is 1. The van der Waals surface area contributed by atoms with E-state index in [0.717, 1.165) is 12.8 Å². The van der Waals surface area contributed by atoms with Gasteiger partial charge in [-0.15, -0.1) is 0 Å². The highest BCUT2D eigenvalue weighted by Gasteiger charge is 2.00. The molecule has 198 valence electrons. The fourth-order valence-electron chi connectivity index (χ4n) is 3.89. The maximum absolute atomic E-state index is 11.2. The maximum Gasteiger partial charge on any atom is 0.305 e. The van der Waals surface area contributed by atoms with Crippen molar-refractivity contribution in [2.45, 2.75) is 162 Å². The van der Waals surface area contributed by atoms with Crippen LogP contribution in [0.3, 0.4) is 0 Å². The van der Waals surface area contributed by atoms with Crippen molar-refractivity contribution in [1.82, 2.24) is 5.32 Å². The molecule has 0 aromatic heterocycles. The van der Waals surface area contributed by atoms with E-state index in [1.165, 1.54) is 116 Å². The molecule has 0 aliphatic rings. The molecule has 0 radical (unpaired) electrons.